The van der Waals surface area contributed by atoms with Gasteiger partial charge in [-0.15, -0.1) is 0 Å². The van der Waals surface area contributed by atoms with Crippen molar-refractivity contribution in [1.29, 1.82) is 5.26 Å². The minimum absolute atomic E-state index is 0.0249. The van der Waals surface area contributed by atoms with Crippen LogP contribution in [0.2, 0.25) is 0 Å². The number of rotatable bonds is 3. The first-order valence-corrected chi connectivity index (χ1v) is 3.98. The number of nitrogens with zero attached hydrogens (tertiary/aromatic N) is 1. The van der Waals surface area contributed by atoms with E-state index in [2.05, 4.69) is 31.8 Å². The molecular weight excluding hydrogens is 136 g/mol. The third kappa shape index (κ3) is 1.61. The molecule has 0 aromatic rings. The molecule has 0 amide bonds. The van der Waals surface area contributed by atoms with Gasteiger partial charge in [-0.1, -0.05) is 20.4 Å². The van der Waals surface area contributed by atoms with Crippen molar-refractivity contribution >= 4 is 0 Å². The largest absolute Gasteiger partial charge is 0.305 e. The molecule has 1 aliphatic carbocycles. The van der Waals surface area contributed by atoms with Gasteiger partial charge in [0.1, 0.15) is 0 Å². The Morgan fingerprint density at radius 1 is 1.64 bits per heavy atom. The molecule has 1 fully saturated rings. The third-order valence-corrected chi connectivity index (χ3v) is 2.03. The molecule has 0 aliphatic heterocycles. The lowest BCUT2D eigenvalue weighted by Gasteiger charge is -2.18. The quantitative estimate of drug-likeness (QED) is 0.620. The molecule has 60 valence electrons. The molecule has 1 rings (SSSR count). The van der Waals surface area contributed by atoms with Crippen LogP contribution < -0.4 is 5.32 Å². The zero-order chi connectivity index (χ0) is 8.48. The Bertz CT molecular complexity index is 206. The molecule has 0 unspecified atom stereocenters. The summed E-state index contributed by atoms with van der Waals surface area (Å²) in [7, 11) is 0. The summed E-state index contributed by atoms with van der Waals surface area (Å²) >= 11 is 0. The number of hydrogen-bond donors (Lipinski definition) is 1. The van der Waals surface area contributed by atoms with Crippen LogP contribution in [-0.4, -0.2) is 11.6 Å². The second-order valence-electron chi connectivity index (χ2n) is 3.47. The lowest BCUT2D eigenvalue weighted by molar-refractivity contribution is 0.503. The number of nitriles is 1. The molecule has 0 aromatic carbocycles. The summed E-state index contributed by atoms with van der Waals surface area (Å²) in [5, 5.41) is 12.0. The van der Waals surface area contributed by atoms with Crippen molar-refractivity contribution in [2.45, 2.75) is 38.3 Å². The van der Waals surface area contributed by atoms with Crippen LogP contribution in [-0.2, 0) is 0 Å². The van der Waals surface area contributed by atoms with E-state index >= 15 is 0 Å². The molecule has 11 heavy (non-hydrogen) atoms. The molecule has 0 atom stereocenters. The van der Waals surface area contributed by atoms with E-state index in [0.29, 0.717) is 11.6 Å². The SMILES string of the molecule is C=C(C#N)C1(NC(C)C)CC1. The average molecular weight is 150 g/mol. The standard InChI is InChI=1S/C9H14N2/c1-7(2)11-9(4-5-9)8(3)6-10/h7,11H,3-5H2,1-2H3. The Hall–Kier alpha value is -0.810. The Kier molecular flexibility index (Phi) is 2.01. The van der Waals surface area contributed by atoms with Gasteiger partial charge in [-0.3, -0.25) is 0 Å². The van der Waals surface area contributed by atoms with Gasteiger partial charge in [-0.2, -0.15) is 5.26 Å². The summed E-state index contributed by atoms with van der Waals surface area (Å²) in [6.45, 7) is 7.91. The number of hydrogen-bond acceptors (Lipinski definition) is 2. The average Bonchev–Trinajstić information content (AvgIpc) is 2.67. The van der Waals surface area contributed by atoms with Crippen molar-refractivity contribution < 1.29 is 0 Å². The molecule has 2 nitrogen and oxygen atoms in total. The van der Waals surface area contributed by atoms with Gasteiger partial charge < -0.3 is 5.32 Å². The van der Waals surface area contributed by atoms with Crippen molar-refractivity contribution in [3.05, 3.63) is 12.2 Å². The Morgan fingerprint density at radius 2 is 2.18 bits per heavy atom. The lowest BCUT2D eigenvalue weighted by atomic mass is 10.1. The minimum Gasteiger partial charge on any atom is -0.305 e. The fourth-order valence-electron chi connectivity index (χ4n) is 1.32. The predicted octanol–water partition coefficient (Wildman–Crippen LogP) is 1.60. The van der Waals surface area contributed by atoms with E-state index in [1.807, 2.05) is 0 Å². The van der Waals surface area contributed by atoms with Crippen LogP contribution in [0.15, 0.2) is 12.2 Å². The number of nitrogens with one attached hydrogen (secondary N) is 1. The van der Waals surface area contributed by atoms with Gasteiger partial charge in [0, 0.05) is 11.6 Å². The molecule has 0 saturated heterocycles. The van der Waals surface area contributed by atoms with E-state index in [1.165, 1.54) is 0 Å². The van der Waals surface area contributed by atoms with Gasteiger partial charge in [0.05, 0.1) is 11.6 Å². The molecule has 0 spiro atoms. The molecule has 0 heterocycles. The van der Waals surface area contributed by atoms with Crippen LogP contribution in [0.25, 0.3) is 0 Å². The summed E-state index contributed by atoms with van der Waals surface area (Å²) < 4.78 is 0. The molecule has 2 heteroatoms. The summed E-state index contributed by atoms with van der Waals surface area (Å²) in [5.74, 6) is 0. The van der Waals surface area contributed by atoms with E-state index in [-0.39, 0.29) is 5.54 Å². The van der Waals surface area contributed by atoms with Crippen molar-refractivity contribution in [2.75, 3.05) is 0 Å². The normalized spacial score (nSPS) is 19.5. The van der Waals surface area contributed by atoms with Crippen LogP contribution >= 0.6 is 0 Å². The maximum atomic E-state index is 8.63. The van der Waals surface area contributed by atoms with E-state index in [0.717, 1.165) is 12.8 Å². The van der Waals surface area contributed by atoms with Crippen LogP contribution in [0.3, 0.4) is 0 Å². The van der Waals surface area contributed by atoms with Crippen molar-refractivity contribution in [2.24, 2.45) is 0 Å². The first kappa shape index (κ1) is 8.29. The van der Waals surface area contributed by atoms with Crippen LogP contribution in [0, 0.1) is 11.3 Å². The summed E-state index contributed by atoms with van der Waals surface area (Å²) in [6.07, 6.45) is 2.13. The molecule has 0 bridgehead atoms. The second kappa shape index (κ2) is 2.67. The van der Waals surface area contributed by atoms with Gasteiger partial charge in [-0.05, 0) is 12.8 Å². The van der Waals surface area contributed by atoms with Crippen molar-refractivity contribution in [1.82, 2.24) is 5.32 Å². The smallest absolute Gasteiger partial charge is 0.0960 e. The van der Waals surface area contributed by atoms with Gasteiger partial charge in [0.2, 0.25) is 0 Å². The molecular formula is C9H14N2. The monoisotopic (exact) mass is 150 g/mol. The van der Waals surface area contributed by atoms with Gasteiger partial charge in [-0.25, -0.2) is 0 Å². The highest BCUT2D eigenvalue weighted by Crippen LogP contribution is 2.41. The van der Waals surface area contributed by atoms with E-state index in [4.69, 9.17) is 5.26 Å². The molecule has 1 N–H and O–H groups in total. The minimum atomic E-state index is -0.0249. The maximum Gasteiger partial charge on any atom is 0.0960 e. The first-order valence-electron chi connectivity index (χ1n) is 3.98. The predicted molar refractivity (Wildman–Crippen MR) is 45.0 cm³/mol. The van der Waals surface area contributed by atoms with Crippen LogP contribution in [0.5, 0.6) is 0 Å². The summed E-state index contributed by atoms with van der Waals surface area (Å²) in [6, 6.07) is 2.55. The molecule has 0 aromatic heterocycles. The first-order chi connectivity index (χ1) is 5.10. The summed E-state index contributed by atoms with van der Waals surface area (Å²) in [4.78, 5) is 0. The Balaban J connectivity index is 2.56. The van der Waals surface area contributed by atoms with Crippen molar-refractivity contribution in [3.63, 3.8) is 0 Å². The zero-order valence-electron chi connectivity index (χ0n) is 7.15. The lowest BCUT2D eigenvalue weighted by Crippen LogP contribution is -2.37. The van der Waals surface area contributed by atoms with Crippen molar-refractivity contribution in [3.8, 4) is 6.07 Å². The van der Waals surface area contributed by atoms with Crippen LogP contribution in [0.4, 0.5) is 0 Å². The third-order valence-electron chi connectivity index (χ3n) is 2.03. The highest BCUT2D eigenvalue weighted by Gasteiger charge is 2.45. The van der Waals surface area contributed by atoms with E-state index < -0.39 is 0 Å². The van der Waals surface area contributed by atoms with Gasteiger partial charge >= 0.3 is 0 Å². The van der Waals surface area contributed by atoms with E-state index in [9.17, 15) is 0 Å². The fourth-order valence-corrected chi connectivity index (χ4v) is 1.32. The second-order valence-corrected chi connectivity index (χ2v) is 3.47. The topological polar surface area (TPSA) is 35.8 Å². The summed E-state index contributed by atoms with van der Waals surface area (Å²) in [5.41, 5.74) is 0.661. The molecule has 0 radical (unpaired) electrons. The molecule has 1 saturated carbocycles. The molecule has 1 aliphatic rings. The fraction of sp³-hybridized carbons (Fsp3) is 0.667. The Labute approximate surface area is 67.9 Å². The van der Waals surface area contributed by atoms with Crippen LogP contribution in [0.1, 0.15) is 26.7 Å². The van der Waals surface area contributed by atoms with E-state index in [1.54, 1.807) is 0 Å². The Morgan fingerprint density at radius 3 is 2.45 bits per heavy atom. The highest BCUT2D eigenvalue weighted by atomic mass is 15.0. The van der Waals surface area contributed by atoms with Gasteiger partial charge in [0.15, 0.2) is 0 Å². The highest BCUT2D eigenvalue weighted by molar-refractivity contribution is 5.36. The van der Waals surface area contributed by atoms with Gasteiger partial charge in [0.25, 0.3) is 0 Å². The zero-order valence-corrected chi connectivity index (χ0v) is 7.15. The maximum absolute atomic E-state index is 8.63.